The van der Waals surface area contributed by atoms with Gasteiger partial charge in [-0.2, -0.15) is 0 Å². The minimum atomic E-state index is 0.513. The second kappa shape index (κ2) is 6.29. The summed E-state index contributed by atoms with van der Waals surface area (Å²) in [7, 11) is 1.57. The lowest BCUT2D eigenvalue weighted by molar-refractivity contribution is 0.415. The van der Waals surface area contributed by atoms with Crippen LogP contribution in [0.25, 0.3) is 0 Å². The van der Waals surface area contributed by atoms with Crippen molar-refractivity contribution in [2.75, 3.05) is 7.11 Å². The van der Waals surface area contributed by atoms with Crippen LogP contribution in [0.5, 0.6) is 5.75 Å². The van der Waals surface area contributed by atoms with E-state index in [0.717, 1.165) is 11.3 Å². The maximum atomic E-state index is 6.05. The molecule has 2 rings (SSSR count). The molecule has 2 aromatic carbocycles. The van der Waals surface area contributed by atoms with Crippen LogP contribution in [0, 0.1) is 0 Å². The number of aliphatic imine (C=N–C) groups is 1. The molecule has 98 valence electrons. The summed E-state index contributed by atoms with van der Waals surface area (Å²) in [6, 6.07) is 10.5. The van der Waals surface area contributed by atoms with Crippen LogP contribution in [0.3, 0.4) is 0 Å². The predicted molar refractivity (Wildman–Crippen MR) is 81.7 cm³/mol. The fourth-order valence-electron chi connectivity index (χ4n) is 1.49. The molecule has 0 heterocycles. The Kier molecular flexibility index (Phi) is 4.70. The average molecular weight is 315 g/mol. The molecule has 0 aliphatic heterocycles. The molecule has 0 amide bonds. The Bertz CT molecular complexity index is 626. The fraction of sp³-hybridized carbons (Fsp3) is 0.0714. The Morgan fingerprint density at radius 1 is 1.00 bits per heavy atom. The lowest BCUT2D eigenvalue weighted by Gasteiger charge is -2.03. The maximum Gasteiger partial charge on any atom is 0.137 e. The number of rotatable bonds is 3. The van der Waals surface area contributed by atoms with Crippen molar-refractivity contribution in [2.24, 2.45) is 4.99 Å². The zero-order chi connectivity index (χ0) is 13.8. The molecule has 0 unspecified atom stereocenters. The van der Waals surface area contributed by atoms with Crippen LogP contribution in [-0.4, -0.2) is 13.3 Å². The van der Waals surface area contributed by atoms with Crippen molar-refractivity contribution in [3.63, 3.8) is 0 Å². The van der Waals surface area contributed by atoms with Gasteiger partial charge in [0.1, 0.15) is 5.75 Å². The Morgan fingerprint density at radius 3 is 2.42 bits per heavy atom. The fourth-order valence-corrected chi connectivity index (χ4v) is 2.20. The first-order chi connectivity index (χ1) is 9.10. The number of hydrogen-bond donors (Lipinski definition) is 0. The summed E-state index contributed by atoms with van der Waals surface area (Å²) in [6.07, 6.45) is 1.66. The normalized spacial score (nSPS) is 10.9. The van der Waals surface area contributed by atoms with Crippen LogP contribution in [0.15, 0.2) is 41.4 Å². The van der Waals surface area contributed by atoms with Gasteiger partial charge in [-0.05, 0) is 30.3 Å². The zero-order valence-corrected chi connectivity index (χ0v) is 12.3. The SMILES string of the molecule is COc1ccc(N=Cc2ccc(Cl)cc2Cl)cc1Cl. The molecular weight excluding hydrogens is 305 g/mol. The third kappa shape index (κ3) is 3.63. The van der Waals surface area contributed by atoms with Crippen LogP contribution in [-0.2, 0) is 0 Å². The van der Waals surface area contributed by atoms with Gasteiger partial charge in [-0.15, -0.1) is 0 Å². The summed E-state index contributed by atoms with van der Waals surface area (Å²) in [5.74, 6) is 0.616. The van der Waals surface area contributed by atoms with Crippen molar-refractivity contribution < 1.29 is 4.74 Å². The molecule has 0 bridgehead atoms. The molecule has 2 aromatic rings. The Balaban J connectivity index is 2.25. The van der Waals surface area contributed by atoms with Gasteiger partial charge >= 0.3 is 0 Å². The highest BCUT2D eigenvalue weighted by Crippen LogP contribution is 2.28. The lowest BCUT2D eigenvalue weighted by Crippen LogP contribution is -1.84. The number of hydrogen-bond acceptors (Lipinski definition) is 2. The van der Waals surface area contributed by atoms with Crippen LogP contribution in [0.4, 0.5) is 5.69 Å². The summed E-state index contributed by atoms with van der Waals surface area (Å²) >= 11 is 17.9. The predicted octanol–water partition coefficient (Wildman–Crippen LogP) is 5.41. The number of ether oxygens (including phenoxy) is 1. The Morgan fingerprint density at radius 2 is 1.79 bits per heavy atom. The summed E-state index contributed by atoms with van der Waals surface area (Å²) in [5.41, 5.74) is 1.51. The highest BCUT2D eigenvalue weighted by Gasteiger charge is 2.01. The van der Waals surface area contributed by atoms with Gasteiger partial charge in [-0.3, -0.25) is 4.99 Å². The van der Waals surface area contributed by atoms with Gasteiger partial charge < -0.3 is 4.74 Å². The van der Waals surface area contributed by atoms with E-state index in [1.807, 2.05) is 6.07 Å². The molecule has 0 fully saturated rings. The van der Waals surface area contributed by atoms with Gasteiger partial charge in [0.15, 0.2) is 0 Å². The summed E-state index contributed by atoms with van der Waals surface area (Å²) < 4.78 is 5.08. The van der Waals surface area contributed by atoms with Gasteiger partial charge in [0.2, 0.25) is 0 Å². The van der Waals surface area contributed by atoms with E-state index >= 15 is 0 Å². The average Bonchev–Trinajstić information content (AvgIpc) is 2.38. The molecule has 0 N–H and O–H groups in total. The molecular formula is C14H10Cl3NO. The quantitative estimate of drug-likeness (QED) is 0.694. The first-order valence-corrected chi connectivity index (χ1v) is 6.56. The number of nitrogens with zero attached hydrogens (tertiary/aromatic N) is 1. The van der Waals surface area contributed by atoms with E-state index in [1.165, 1.54) is 0 Å². The molecule has 0 radical (unpaired) electrons. The number of methoxy groups -OCH3 is 1. The second-order valence-corrected chi connectivity index (χ2v) is 4.99. The minimum absolute atomic E-state index is 0.513. The minimum Gasteiger partial charge on any atom is -0.495 e. The monoisotopic (exact) mass is 313 g/mol. The molecule has 0 saturated heterocycles. The molecule has 0 aliphatic carbocycles. The van der Waals surface area contributed by atoms with Gasteiger partial charge in [-0.25, -0.2) is 0 Å². The first-order valence-electron chi connectivity index (χ1n) is 5.43. The van der Waals surface area contributed by atoms with E-state index in [9.17, 15) is 0 Å². The highest BCUT2D eigenvalue weighted by molar-refractivity contribution is 6.36. The first kappa shape index (κ1) is 14.2. The van der Waals surface area contributed by atoms with E-state index in [-0.39, 0.29) is 0 Å². The molecule has 0 saturated carbocycles. The van der Waals surface area contributed by atoms with E-state index in [0.29, 0.717) is 20.8 Å². The zero-order valence-electron chi connectivity index (χ0n) is 10.0. The Hall–Kier alpha value is -1.22. The molecule has 5 heteroatoms. The van der Waals surface area contributed by atoms with E-state index < -0.39 is 0 Å². The molecule has 0 aromatic heterocycles. The van der Waals surface area contributed by atoms with Crippen molar-refractivity contribution in [2.45, 2.75) is 0 Å². The van der Waals surface area contributed by atoms with E-state index in [1.54, 1.807) is 43.7 Å². The van der Waals surface area contributed by atoms with Gasteiger partial charge in [0.05, 0.1) is 22.8 Å². The third-order valence-corrected chi connectivity index (χ3v) is 3.31. The van der Waals surface area contributed by atoms with E-state index in [4.69, 9.17) is 39.5 Å². The van der Waals surface area contributed by atoms with Crippen LogP contribution in [0.2, 0.25) is 15.1 Å². The summed E-state index contributed by atoms with van der Waals surface area (Å²) in [6.45, 7) is 0. The van der Waals surface area contributed by atoms with Crippen molar-refractivity contribution in [3.05, 3.63) is 57.0 Å². The standard InChI is InChI=1S/C14H10Cl3NO/c1-19-14-5-4-11(7-13(14)17)18-8-9-2-3-10(15)6-12(9)16/h2-8H,1H3. The molecule has 19 heavy (non-hydrogen) atoms. The van der Waals surface area contributed by atoms with Gasteiger partial charge in [-0.1, -0.05) is 40.9 Å². The maximum absolute atomic E-state index is 6.05. The Labute approximate surface area is 126 Å². The molecule has 0 spiro atoms. The third-order valence-electron chi connectivity index (χ3n) is 2.45. The number of benzene rings is 2. The molecule has 0 atom stereocenters. The van der Waals surface area contributed by atoms with Crippen LogP contribution in [0.1, 0.15) is 5.56 Å². The lowest BCUT2D eigenvalue weighted by atomic mass is 10.2. The van der Waals surface area contributed by atoms with Crippen molar-refractivity contribution in [1.29, 1.82) is 0 Å². The largest absolute Gasteiger partial charge is 0.495 e. The second-order valence-electron chi connectivity index (χ2n) is 3.74. The van der Waals surface area contributed by atoms with Crippen LogP contribution < -0.4 is 4.74 Å². The van der Waals surface area contributed by atoms with Crippen LogP contribution >= 0.6 is 34.8 Å². The van der Waals surface area contributed by atoms with Crippen molar-refractivity contribution in [3.8, 4) is 5.75 Å². The van der Waals surface area contributed by atoms with Crippen molar-refractivity contribution in [1.82, 2.24) is 0 Å². The van der Waals surface area contributed by atoms with Crippen molar-refractivity contribution >= 4 is 46.7 Å². The smallest absolute Gasteiger partial charge is 0.137 e. The summed E-state index contributed by atoms with van der Waals surface area (Å²) in [5, 5.41) is 1.66. The summed E-state index contributed by atoms with van der Waals surface area (Å²) in [4.78, 5) is 4.31. The molecule has 0 aliphatic rings. The van der Waals surface area contributed by atoms with Gasteiger partial charge in [0, 0.05) is 16.8 Å². The molecule has 2 nitrogen and oxygen atoms in total. The highest BCUT2D eigenvalue weighted by atomic mass is 35.5. The van der Waals surface area contributed by atoms with Gasteiger partial charge in [0.25, 0.3) is 0 Å². The topological polar surface area (TPSA) is 21.6 Å². The van der Waals surface area contributed by atoms with E-state index in [2.05, 4.69) is 4.99 Å². The number of halogens is 3.